The fraction of sp³-hybridized carbons (Fsp3) is 0.214. The molecule has 0 bridgehead atoms. The Hall–Kier alpha value is -1.86. The van der Waals surface area contributed by atoms with Crippen molar-refractivity contribution in [1.29, 1.82) is 0 Å². The number of rotatable bonds is 2. The molecule has 0 aliphatic rings. The summed E-state index contributed by atoms with van der Waals surface area (Å²) in [5, 5.41) is 0.174. The van der Waals surface area contributed by atoms with Crippen molar-refractivity contribution in [3.63, 3.8) is 0 Å². The number of hydrogen-bond donors (Lipinski definition) is 0. The SMILES string of the molecule is Cn1c(=O)c2c(nc(Cl)n2Cc2cccc(Br)c2)n(C)c1=O. The second-order valence-corrected chi connectivity index (χ2v) is 6.23. The van der Waals surface area contributed by atoms with Gasteiger partial charge < -0.3 is 4.57 Å². The van der Waals surface area contributed by atoms with Crippen LogP contribution in [-0.2, 0) is 20.6 Å². The third-order valence-electron chi connectivity index (χ3n) is 3.53. The molecule has 2 aromatic heterocycles. The first-order valence-corrected chi connectivity index (χ1v) is 7.63. The van der Waals surface area contributed by atoms with Gasteiger partial charge in [0.25, 0.3) is 5.56 Å². The molecule has 0 fully saturated rings. The first-order valence-electron chi connectivity index (χ1n) is 6.46. The summed E-state index contributed by atoms with van der Waals surface area (Å²) in [5.74, 6) is 0. The minimum Gasteiger partial charge on any atom is -0.304 e. The topological polar surface area (TPSA) is 61.8 Å². The Labute approximate surface area is 138 Å². The van der Waals surface area contributed by atoms with Gasteiger partial charge >= 0.3 is 5.69 Å². The summed E-state index contributed by atoms with van der Waals surface area (Å²) in [5.41, 5.74) is 0.725. The maximum absolute atomic E-state index is 12.4. The second-order valence-electron chi connectivity index (χ2n) is 4.97. The van der Waals surface area contributed by atoms with Gasteiger partial charge in [0, 0.05) is 18.6 Å². The number of benzene rings is 1. The Bertz CT molecular complexity index is 1000. The zero-order chi connectivity index (χ0) is 16.0. The summed E-state index contributed by atoms with van der Waals surface area (Å²) in [6.07, 6.45) is 0. The average Bonchev–Trinajstić information content (AvgIpc) is 2.80. The van der Waals surface area contributed by atoms with E-state index in [9.17, 15) is 9.59 Å². The number of nitrogens with zero attached hydrogens (tertiary/aromatic N) is 4. The number of hydrogen-bond acceptors (Lipinski definition) is 3. The van der Waals surface area contributed by atoms with E-state index in [1.807, 2.05) is 24.3 Å². The molecule has 2 heterocycles. The molecular formula is C14H12BrClN4O2. The summed E-state index contributed by atoms with van der Waals surface area (Å²) in [6, 6.07) is 7.69. The standard InChI is InChI=1S/C14H12BrClN4O2/c1-18-11-10(12(21)19(2)14(18)22)20(13(16)17-11)7-8-4-3-5-9(15)6-8/h3-6H,7H2,1-2H3. The molecule has 0 unspecified atom stereocenters. The van der Waals surface area contributed by atoms with E-state index in [-0.39, 0.29) is 10.9 Å². The van der Waals surface area contributed by atoms with Gasteiger partial charge in [-0.1, -0.05) is 28.1 Å². The number of halogens is 2. The highest BCUT2D eigenvalue weighted by atomic mass is 79.9. The molecule has 22 heavy (non-hydrogen) atoms. The fourth-order valence-corrected chi connectivity index (χ4v) is 3.05. The minimum absolute atomic E-state index is 0.174. The van der Waals surface area contributed by atoms with Crippen LogP contribution in [0.1, 0.15) is 5.56 Å². The second kappa shape index (κ2) is 5.40. The third-order valence-corrected chi connectivity index (χ3v) is 4.31. The molecule has 0 radical (unpaired) electrons. The van der Waals surface area contributed by atoms with Gasteiger partial charge in [0.1, 0.15) is 0 Å². The minimum atomic E-state index is -0.429. The van der Waals surface area contributed by atoms with Crippen LogP contribution in [-0.4, -0.2) is 18.7 Å². The molecule has 1 aromatic carbocycles. The first kappa shape index (κ1) is 15.1. The third kappa shape index (κ3) is 2.30. The highest BCUT2D eigenvalue weighted by Crippen LogP contribution is 2.19. The molecule has 8 heteroatoms. The van der Waals surface area contributed by atoms with E-state index in [2.05, 4.69) is 20.9 Å². The Morgan fingerprint density at radius 1 is 1.23 bits per heavy atom. The summed E-state index contributed by atoms with van der Waals surface area (Å²) in [7, 11) is 3.01. The van der Waals surface area contributed by atoms with E-state index < -0.39 is 11.2 Å². The molecule has 0 N–H and O–H groups in total. The van der Waals surface area contributed by atoms with E-state index in [0.717, 1.165) is 14.6 Å². The molecule has 114 valence electrons. The summed E-state index contributed by atoms with van der Waals surface area (Å²) >= 11 is 9.60. The molecule has 3 rings (SSSR count). The maximum Gasteiger partial charge on any atom is 0.332 e. The van der Waals surface area contributed by atoms with Crippen LogP contribution < -0.4 is 11.2 Å². The Balaban J connectivity index is 2.29. The monoisotopic (exact) mass is 382 g/mol. The van der Waals surface area contributed by atoms with Crippen LogP contribution in [0.3, 0.4) is 0 Å². The fourth-order valence-electron chi connectivity index (χ4n) is 2.38. The van der Waals surface area contributed by atoms with Crippen molar-refractivity contribution in [3.8, 4) is 0 Å². The lowest BCUT2D eigenvalue weighted by Crippen LogP contribution is -2.37. The van der Waals surface area contributed by atoms with E-state index in [1.165, 1.54) is 11.6 Å². The number of imidazole rings is 1. The summed E-state index contributed by atoms with van der Waals surface area (Å²) in [4.78, 5) is 28.5. The average molecular weight is 384 g/mol. The predicted octanol–water partition coefficient (Wildman–Crippen LogP) is 1.90. The molecule has 0 atom stereocenters. The van der Waals surface area contributed by atoms with Crippen molar-refractivity contribution in [3.05, 3.63) is 60.4 Å². The molecule has 3 aromatic rings. The Morgan fingerprint density at radius 3 is 2.64 bits per heavy atom. The van der Waals surface area contributed by atoms with Crippen molar-refractivity contribution in [2.45, 2.75) is 6.54 Å². The van der Waals surface area contributed by atoms with Gasteiger partial charge in [-0.15, -0.1) is 0 Å². The molecule has 6 nitrogen and oxygen atoms in total. The van der Waals surface area contributed by atoms with E-state index >= 15 is 0 Å². The van der Waals surface area contributed by atoms with Crippen molar-refractivity contribution in [2.75, 3.05) is 0 Å². The smallest absolute Gasteiger partial charge is 0.304 e. The molecule has 0 saturated heterocycles. The van der Waals surface area contributed by atoms with Crippen LogP contribution in [0.25, 0.3) is 11.2 Å². The lowest BCUT2D eigenvalue weighted by Gasteiger charge is -2.08. The van der Waals surface area contributed by atoms with E-state index in [1.54, 1.807) is 11.6 Å². The van der Waals surface area contributed by atoms with Gasteiger partial charge in [-0.25, -0.2) is 4.79 Å². The predicted molar refractivity (Wildman–Crippen MR) is 88.5 cm³/mol. The molecule has 0 amide bonds. The normalized spacial score (nSPS) is 11.3. The van der Waals surface area contributed by atoms with Crippen molar-refractivity contribution in [1.82, 2.24) is 18.7 Å². The van der Waals surface area contributed by atoms with Crippen molar-refractivity contribution in [2.24, 2.45) is 14.1 Å². The van der Waals surface area contributed by atoms with E-state index in [0.29, 0.717) is 12.1 Å². The zero-order valence-electron chi connectivity index (χ0n) is 11.9. The largest absolute Gasteiger partial charge is 0.332 e. The number of aromatic nitrogens is 4. The van der Waals surface area contributed by atoms with Gasteiger partial charge in [0.2, 0.25) is 5.28 Å². The van der Waals surface area contributed by atoms with Crippen molar-refractivity contribution >= 4 is 38.7 Å². The summed E-state index contributed by atoms with van der Waals surface area (Å²) < 4.78 is 4.92. The van der Waals surface area contributed by atoms with Gasteiger partial charge in [0.05, 0.1) is 6.54 Å². The lowest BCUT2D eigenvalue weighted by molar-refractivity contribution is 0.702. The highest BCUT2D eigenvalue weighted by Gasteiger charge is 2.18. The van der Waals surface area contributed by atoms with Crippen LogP contribution in [0.2, 0.25) is 5.28 Å². The van der Waals surface area contributed by atoms with Gasteiger partial charge in [-0.3, -0.25) is 13.9 Å². The maximum atomic E-state index is 12.4. The zero-order valence-corrected chi connectivity index (χ0v) is 14.2. The molecular weight excluding hydrogens is 372 g/mol. The Morgan fingerprint density at radius 2 is 1.95 bits per heavy atom. The van der Waals surface area contributed by atoms with Crippen LogP contribution in [0.5, 0.6) is 0 Å². The van der Waals surface area contributed by atoms with Crippen LogP contribution in [0, 0.1) is 0 Å². The quantitative estimate of drug-likeness (QED) is 0.635. The lowest BCUT2D eigenvalue weighted by atomic mass is 10.2. The molecule has 0 saturated carbocycles. The van der Waals surface area contributed by atoms with Gasteiger partial charge in [-0.05, 0) is 29.3 Å². The molecule has 0 spiro atoms. The van der Waals surface area contributed by atoms with Gasteiger partial charge in [0.15, 0.2) is 11.2 Å². The Kier molecular flexibility index (Phi) is 3.70. The van der Waals surface area contributed by atoms with Crippen LogP contribution in [0.4, 0.5) is 0 Å². The van der Waals surface area contributed by atoms with Gasteiger partial charge in [-0.2, -0.15) is 4.98 Å². The highest BCUT2D eigenvalue weighted by molar-refractivity contribution is 9.10. The summed E-state index contributed by atoms with van der Waals surface area (Å²) in [6.45, 7) is 0.391. The van der Waals surface area contributed by atoms with E-state index in [4.69, 9.17) is 11.6 Å². The van der Waals surface area contributed by atoms with Crippen LogP contribution in [0.15, 0.2) is 38.3 Å². The first-order chi connectivity index (χ1) is 10.4. The van der Waals surface area contributed by atoms with Crippen molar-refractivity contribution < 1.29 is 0 Å². The number of fused-ring (bicyclic) bond motifs is 1. The molecule has 0 aliphatic heterocycles. The molecule has 0 aliphatic carbocycles. The number of aryl methyl sites for hydroxylation is 1. The van der Waals surface area contributed by atoms with Crippen LogP contribution >= 0.6 is 27.5 Å².